The molecule has 124 valence electrons. The molecule has 1 aromatic heterocycles. The van der Waals surface area contributed by atoms with Gasteiger partial charge in [-0.2, -0.15) is 0 Å². The molecule has 0 radical (unpaired) electrons. The highest BCUT2D eigenvalue weighted by molar-refractivity contribution is 5.38. The van der Waals surface area contributed by atoms with Crippen molar-refractivity contribution < 1.29 is 13.9 Å². The number of ether oxygens (including phenoxy) is 2. The van der Waals surface area contributed by atoms with E-state index in [-0.39, 0.29) is 0 Å². The van der Waals surface area contributed by atoms with Gasteiger partial charge in [0.1, 0.15) is 17.3 Å². The van der Waals surface area contributed by atoms with E-state index >= 15 is 0 Å². The second kappa shape index (κ2) is 7.53. The second-order valence-corrected chi connectivity index (χ2v) is 5.90. The van der Waals surface area contributed by atoms with Gasteiger partial charge in [-0.05, 0) is 36.2 Å². The number of hydrogen-bond donors (Lipinski definition) is 1. The van der Waals surface area contributed by atoms with Crippen molar-refractivity contribution in [3.63, 3.8) is 0 Å². The van der Waals surface area contributed by atoms with Crippen molar-refractivity contribution in [1.29, 1.82) is 0 Å². The minimum absolute atomic E-state index is 0.507. The van der Waals surface area contributed by atoms with Gasteiger partial charge < -0.3 is 19.2 Å². The van der Waals surface area contributed by atoms with Crippen molar-refractivity contribution in [2.75, 3.05) is 27.3 Å². The molecule has 2 heterocycles. The Morgan fingerprint density at radius 2 is 2.00 bits per heavy atom. The Labute approximate surface area is 137 Å². The zero-order chi connectivity index (χ0) is 16.1. The molecule has 23 heavy (non-hydrogen) atoms. The van der Waals surface area contributed by atoms with Gasteiger partial charge in [-0.15, -0.1) is 0 Å². The van der Waals surface area contributed by atoms with Crippen LogP contribution in [0.5, 0.6) is 11.5 Å². The Morgan fingerprint density at radius 1 is 1.22 bits per heavy atom. The molecule has 1 aliphatic heterocycles. The lowest BCUT2D eigenvalue weighted by atomic mass is 10.2. The van der Waals surface area contributed by atoms with Gasteiger partial charge in [0.05, 0.1) is 27.0 Å². The van der Waals surface area contributed by atoms with E-state index in [9.17, 15) is 0 Å². The molecule has 1 fully saturated rings. The molecule has 0 spiro atoms. The summed E-state index contributed by atoms with van der Waals surface area (Å²) in [7, 11) is 3.37. The Morgan fingerprint density at radius 3 is 2.65 bits per heavy atom. The Kier molecular flexibility index (Phi) is 5.20. The normalized spacial score (nSPS) is 18.3. The van der Waals surface area contributed by atoms with Crippen molar-refractivity contribution in [2.24, 2.45) is 0 Å². The summed E-state index contributed by atoms with van der Waals surface area (Å²) in [6.45, 7) is 3.83. The van der Waals surface area contributed by atoms with Gasteiger partial charge in [-0.1, -0.05) is 0 Å². The molecule has 1 saturated heterocycles. The molecule has 5 heteroatoms. The SMILES string of the molecule is COc1cc(CN2CC[C@H](NCc3ccco3)C2)cc(OC)c1. The third kappa shape index (κ3) is 4.27. The first-order valence-corrected chi connectivity index (χ1v) is 7.97. The number of nitrogens with zero attached hydrogens (tertiary/aromatic N) is 1. The minimum Gasteiger partial charge on any atom is -0.497 e. The van der Waals surface area contributed by atoms with Gasteiger partial charge in [0.25, 0.3) is 0 Å². The fourth-order valence-corrected chi connectivity index (χ4v) is 3.02. The lowest BCUT2D eigenvalue weighted by Gasteiger charge is -2.17. The first-order chi connectivity index (χ1) is 11.3. The largest absolute Gasteiger partial charge is 0.497 e. The summed E-state index contributed by atoms with van der Waals surface area (Å²) >= 11 is 0. The van der Waals surface area contributed by atoms with Crippen LogP contribution in [0.3, 0.4) is 0 Å². The molecule has 1 N–H and O–H groups in total. The third-order valence-corrected chi connectivity index (χ3v) is 4.23. The standard InChI is InChI=1S/C18H24N2O3/c1-21-17-8-14(9-18(10-17)22-2)12-20-6-5-15(13-20)19-11-16-4-3-7-23-16/h3-4,7-10,15,19H,5-6,11-13H2,1-2H3/t15-/m0/s1. The minimum atomic E-state index is 0.507. The highest BCUT2D eigenvalue weighted by Gasteiger charge is 2.22. The van der Waals surface area contributed by atoms with E-state index in [4.69, 9.17) is 13.9 Å². The Hall–Kier alpha value is -1.98. The van der Waals surface area contributed by atoms with Crippen LogP contribution in [-0.2, 0) is 13.1 Å². The Balaban J connectivity index is 1.53. The number of likely N-dealkylation sites (tertiary alicyclic amines) is 1. The summed E-state index contributed by atoms with van der Waals surface area (Å²) in [6.07, 6.45) is 2.87. The highest BCUT2D eigenvalue weighted by Crippen LogP contribution is 2.24. The molecule has 0 unspecified atom stereocenters. The van der Waals surface area contributed by atoms with Gasteiger partial charge in [-0.3, -0.25) is 4.90 Å². The fraction of sp³-hybridized carbons (Fsp3) is 0.444. The van der Waals surface area contributed by atoms with Crippen molar-refractivity contribution >= 4 is 0 Å². The molecular weight excluding hydrogens is 292 g/mol. The smallest absolute Gasteiger partial charge is 0.122 e. The molecule has 0 amide bonds. The molecule has 1 aromatic carbocycles. The van der Waals surface area contributed by atoms with Crippen LogP contribution < -0.4 is 14.8 Å². The van der Waals surface area contributed by atoms with E-state index in [0.717, 1.165) is 49.9 Å². The van der Waals surface area contributed by atoms with Crippen LogP contribution in [0.2, 0.25) is 0 Å². The van der Waals surface area contributed by atoms with Gasteiger partial charge in [0.2, 0.25) is 0 Å². The summed E-state index contributed by atoms with van der Waals surface area (Å²) in [5.41, 5.74) is 1.22. The molecule has 0 saturated carbocycles. The zero-order valence-corrected chi connectivity index (χ0v) is 13.7. The third-order valence-electron chi connectivity index (χ3n) is 4.23. The molecule has 1 aliphatic rings. The van der Waals surface area contributed by atoms with Crippen molar-refractivity contribution in [3.8, 4) is 11.5 Å². The predicted octanol–water partition coefficient (Wildman–Crippen LogP) is 2.66. The van der Waals surface area contributed by atoms with E-state index in [2.05, 4.69) is 22.3 Å². The fourth-order valence-electron chi connectivity index (χ4n) is 3.02. The average molecular weight is 316 g/mol. The Bertz CT molecular complexity index is 590. The summed E-state index contributed by atoms with van der Waals surface area (Å²) < 4.78 is 16.0. The average Bonchev–Trinajstić information content (AvgIpc) is 3.24. The van der Waals surface area contributed by atoms with Crippen LogP contribution in [0.4, 0.5) is 0 Å². The van der Waals surface area contributed by atoms with Crippen LogP contribution in [0.1, 0.15) is 17.7 Å². The zero-order valence-electron chi connectivity index (χ0n) is 13.7. The number of benzene rings is 1. The van der Waals surface area contributed by atoms with Gasteiger partial charge in [0.15, 0.2) is 0 Å². The van der Waals surface area contributed by atoms with E-state index in [0.29, 0.717) is 6.04 Å². The predicted molar refractivity (Wildman–Crippen MR) is 88.8 cm³/mol. The van der Waals surface area contributed by atoms with Crippen molar-refractivity contribution in [1.82, 2.24) is 10.2 Å². The monoisotopic (exact) mass is 316 g/mol. The summed E-state index contributed by atoms with van der Waals surface area (Å²) in [5, 5.41) is 3.56. The number of furan rings is 1. The highest BCUT2D eigenvalue weighted by atomic mass is 16.5. The molecule has 2 aromatic rings. The van der Waals surface area contributed by atoms with E-state index in [1.54, 1.807) is 20.5 Å². The summed E-state index contributed by atoms with van der Waals surface area (Å²) in [5.74, 6) is 2.66. The van der Waals surface area contributed by atoms with Gasteiger partial charge in [-0.25, -0.2) is 0 Å². The van der Waals surface area contributed by atoms with Crippen molar-refractivity contribution in [3.05, 3.63) is 47.9 Å². The van der Waals surface area contributed by atoms with Crippen LogP contribution >= 0.6 is 0 Å². The van der Waals surface area contributed by atoms with E-state index in [1.807, 2.05) is 18.2 Å². The molecule has 3 rings (SSSR count). The van der Waals surface area contributed by atoms with E-state index in [1.165, 1.54) is 5.56 Å². The maximum Gasteiger partial charge on any atom is 0.122 e. The number of nitrogens with one attached hydrogen (secondary N) is 1. The lowest BCUT2D eigenvalue weighted by molar-refractivity contribution is 0.316. The maximum absolute atomic E-state index is 5.36. The van der Waals surface area contributed by atoms with Crippen LogP contribution in [0.25, 0.3) is 0 Å². The molecule has 5 nitrogen and oxygen atoms in total. The number of hydrogen-bond acceptors (Lipinski definition) is 5. The molecule has 1 atom stereocenters. The van der Waals surface area contributed by atoms with Gasteiger partial charge in [0, 0.05) is 31.7 Å². The van der Waals surface area contributed by atoms with Gasteiger partial charge >= 0.3 is 0 Å². The second-order valence-electron chi connectivity index (χ2n) is 5.90. The quantitative estimate of drug-likeness (QED) is 0.851. The number of methoxy groups -OCH3 is 2. The van der Waals surface area contributed by atoms with Crippen LogP contribution in [-0.4, -0.2) is 38.3 Å². The van der Waals surface area contributed by atoms with Crippen molar-refractivity contribution in [2.45, 2.75) is 25.6 Å². The topological polar surface area (TPSA) is 46.9 Å². The molecule has 0 aliphatic carbocycles. The molecular formula is C18H24N2O3. The number of rotatable bonds is 7. The van der Waals surface area contributed by atoms with E-state index < -0.39 is 0 Å². The lowest BCUT2D eigenvalue weighted by Crippen LogP contribution is -2.31. The first-order valence-electron chi connectivity index (χ1n) is 7.97. The van der Waals surface area contributed by atoms with Crippen LogP contribution in [0, 0.1) is 0 Å². The molecule has 0 bridgehead atoms. The summed E-state index contributed by atoms with van der Waals surface area (Å²) in [6, 6.07) is 10.5. The summed E-state index contributed by atoms with van der Waals surface area (Å²) in [4.78, 5) is 2.45. The maximum atomic E-state index is 5.36. The first kappa shape index (κ1) is 15.9. The van der Waals surface area contributed by atoms with Crippen LogP contribution in [0.15, 0.2) is 41.0 Å².